The summed E-state index contributed by atoms with van der Waals surface area (Å²) in [7, 11) is 0. The van der Waals surface area contributed by atoms with E-state index in [4.69, 9.17) is 16.3 Å². The molecule has 1 aliphatic heterocycles. The molecule has 82 valence electrons. The average Bonchev–Trinajstić information content (AvgIpc) is 2.22. The number of aryl methyl sites for hydroxylation is 2. The molecule has 1 heterocycles. The predicted molar refractivity (Wildman–Crippen MR) is 63.5 cm³/mol. The fraction of sp³-hybridized carbons (Fsp3) is 0.538. The molecule has 0 bridgehead atoms. The molecule has 0 saturated carbocycles. The van der Waals surface area contributed by atoms with Crippen molar-refractivity contribution in [1.29, 1.82) is 0 Å². The number of rotatable bonds is 1. The molecule has 2 atom stereocenters. The van der Waals surface area contributed by atoms with Crippen molar-refractivity contribution in [1.82, 2.24) is 0 Å². The van der Waals surface area contributed by atoms with Gasteiger partial charge in [0.2, 0.25) is 0 Å². The summed E-state index contributed by atoms with van der Waals surface area (Å²) in [6.07, 6.45) is 2.11. The second kappa shape index (κ2) is 4.54. The van der Waals surface area contributed by atoms with Crippen LogP contribution in [0, 0.1) is 13.8 Å². The zero-order chi connectivity index (χ0) is 10.8. The van der Waals surface area contributed by atoms with E-state index in [2.05, 4.69) is 32.0 Å². The van der Waals surface area contributed by atoms with Crippen LogP contribution in [0.15, 0.2) is 18.2 Å². The minimum atomic E-state index is 0.196. The normalized spacial score (nSPS) is 26.6. The van der Waals surface area contributed by atoms with E-state index in [-0.39, 0.29) is 11.5 Å². The molecule has 0 aliphatic carbocycles. The van der Waals surface area contributed by atoms with E-state index in [1.165, 1.54) is 16.7 Å². The van der Waals surface area contributed by atoms with Gasteiger partial charge in [0.05, 0.1) is 6.10 Å². The largest absolute Gasteiger partial charge is 0.373 e. The second-order valence-corrected chi connectivity index (χ2v) is 4.96. The minimum absolute atomic E-state index is 0.196. The van der Waals surface area contributed by atoms with E-state index in [0.717, 1.165) is 19.4 Å². The first-order valence-electron chi connectivity index (χ1n) is 5.49. The van der Waals surface area contributed by atoms with E-state index in [1.54, 1.807) is 0 Å². The van der Waals surface area contributed by atoms with Crippen LogP contribution >= 0.6 is 11.6 Å². The number of benzene rings is 1. The van der Waals surface area contributed by atoms with Crippen molar-refractivity contribution in [2.24, 2.45) is 0 Å². The van der Waals surface area contributed by atoms with Gasteiger partial charge in [0, 0.05) is 12.0 Å². The van der Waals surface area contributed by atoms with Crippen LogP contribution in [-0.4, -0.2) is 12.0 Å². The molecule has 1 nitrogen and oxygen atoms in total. The van der Waals surface area contributed by atoms with Crippen LogP contribution in [0.2, 0.25) is 0 Å². The van der Waals surface area contributed by atoms with Gasteiger partial charge in [-0.1, -0.05) is 23.8 Å². The molecule has 0 amide bonds. The molecular weight excluding hydrogens is 208 g/mol. The van der Waals surface area contributed by atoms with E-state index in [0.29, 0.717) is 0 Å². The molecule has 0 radical (unpaired) electrons. The highest BCUT2D eigenvalue weighted by Crippen LogP contribution is 2.32. The van der Waals surface area contributed by atoms with Crippen LogP contribution in [0.3, 0.4) is 0 Å². The summed E-state index contributed by atoms with van der Waals surface area (Å²) in [6, 6.07) is 6.51. The van der Waals surface area contributed by atoms with Gasteiger partial charge in [-0.3, -0.25) is 0 Å². The molecule has 1 saturated heterocycles. The van der Waals surface area contributed by atoms with E-state index < -0.39 is 0 Å². The van der Waals surface area contributed by atoms with E-state index >= 15 is 0 Å². The molecule has 2 unspecified atom stereocenters. The Hall–Kier alpha value is -0.530. The average molecular weight is 225 g/mol. The van der Waals surface area contributed by atoms with Crippen LogP contribution in [0.25, 0.3) is 0 Å². The quantitative estimate of drug-likeness (QED) is 0.660. The highest BCUT2D eigenvalue weighted by Gasteiger charge is 2.23. The molecule has 0 N–H and O–H groups in total. The Kier molecular flexibility index (Phi) is 3.32. The number of alkyl halides is 1. The minimum Gasteiger partial charge on any atom is -0.373 e. The number of ether oxygens (including phenoxy) is 1. The van der Waals surface area contributed by atoms with Crippen LogP contribution in [0.4, 0.5) is 0 Å². The lowest BCUT2D eigenvalue weighted by Gasteiger charge is -2.27. The van der Waals surface area contributed by atoms with Gasteiger partial charge >= 0.3 is 0 Å². The van der Waals surface area contributed by atoms with E-state index in [9.17, 15) is 0 Å². The topological polar surface area (TPSA) is 9.23 Å². The number of hydrogen-bond donors (Lipinski definition) is 0. The fourth-order valence-corrected chi connectivity index (χ4v) is 2.33. The number of hydrogen-bond acceptors (Lipinski definition) is 1. The fourth-order valence-electron chi connectivity index (χ4n) is 2.08. The van der Waals surface area contributed by atoms with Crippen molar-refractivity contribution in [3.05, 3.63) is 34.9 Å². The first-order chi connectivity index (χ1) is 7.16. The molecular formula is C13H17ClO. The standard InChI is InChI=1S/C13H17ClO/c1-9-3-4-10(2)12(7-9)13-8-11(14)5-6-15-13/h3-4,7,11,13H,5-6,8H2,1-2H3. The highest BCUT2D eigenvalue weighted by molar-refractivity contribution is 6.20. The predicted octanol–water partition coefficient (Wildman–Crippen LogP) is 3.76. The zero-order valence-electron chi connectivity index (χ0n) is 9.29. The van der Waals surface area contributed by atoms with Crippen molar-refractivity contribution < 1.29 is 4.74 Å². The first kappa shape index (κ1) is 11.0. The SMILES string of the molecule is Cc1ccc(C)c(C2CC(Cl)CCO2)c1. The van der Waals surface area contributed by atoms with Gasteiger partial charge in [-0.2, -0.15) is 0 Å². The molecule has 0 spiro atoms. The van der Waals surface area contributed by atoms with Gasteiger partial charge < -0.3 is 4.74 Å². The Morgan fingerprint density at radius 1 is 1.33 bits per heavy atom. The highest BCUT2D eigenvalue weighted by atomic mass is 35.5. The Morgan fingerprint density at radius 3 is 2.87 bits per heavy atom. The maximum atomic E-state index is 6.17. The van der Waals surface area contributed by atoms with Gasteiger partial charge in [0.25, 0.3) is 0 Å². The third-order valence-electron chi connectivity index (χ3n) is 3.00. The molecule has 2 rings (SSSR count). The van der Waals surface area contributed by atoms with Crippen LogP contribution < -0.4 is 0 Å². The maximum absolute atomic E-state index is 6.17. The molecule has 1 aromatic rings. The molecule has 1 aliphatic rings. The first-order valence-corrected chi connectivity index (χ1v) is 5.93. The van der Waals surface area contributed by atoms with Gasteiger partial charge in [-0.05, 0) is 37.8 Å². The number of halogens is 1. The molecule has 15 heavy (non-hydrogen) atoms. The Morgan fingerprint density at radius 2 is 2.13 bits per heavy atom. The van der Waals surface area contributed by atoms with Crippen molar-refractivity contribution in [2.45, 2.75) is 38.2 Å². The summed E-state index contributed by atoms with van der Waals surface area (Å²) in [5.41, 5.74) is 3.90. The summed E-state index contributed by atoms with van der Waals surface area (Å²) >= 11 is 6.17. The molecule has 1 fully saturated rings. The second-order valence-electron chi connectivity index (χ2n) is 4.34. The Balaban J connectivity index is 2.24. The van der Waals surface area contributed by atoms with Gasteiger partial charge in [0.15, 0.2) is 0 Å². The van der Waals surface area contributed by atoms with Crippen molar-refractivity contribution >= 4 is 11.6 Å². The lowest BCUT2D eigenvalue weighted by atomic mass is 9.96. The van der Waals surface area contributed by atoms with Crippen LogP contribution in [0.5, 0.6) is 0 Å². The lowest BCUT2D eigenvalue weighted by Crippen LogP contribution is -2.20. The van der Waals surface area contributed by atoms with Crippen molar-refractivity contribution in [2.75, 3.05) is 6.61 Å². The Labute approximate surface area is 96.4 Å². The zero-order valence-corrected chi connectivity index (χ0v) is 10.1. The van der Waals surface area contributed by atoms with Crippen LogP contribution in [-0.2, 0) is 4.74 Å². The van der Waals surface area contributed by atoms with Crippen molar-refractivity contribution in [3.8, 4) is 0 Å². The van der Waals surface area contributed by atoms with E-state index in [1.807, 2.05) is 0 Å². The third-order valence-corrected chi connectivity index (χ3v) is 3.40. The Bertz CT molecular complexity index is 348. The van der Waals surface area contributed by atoms with Gasteiger partial charge in [-0.15, -0.1) is 11.6 Å². The lowest BCUT2D eigenvalue weighted by molar-refractivity contribution is 0.0165. The molecule has 1 aromatic carbocycles. The summed E-state index contributed by atoms with van der Waals surface area (Å²) in [4.78, 5) is 0. The summed E-state index contributed by atoms with van der Waals surface area (Å²) < 4.78 is 5.79. The molecule has 0 aromatic heterocycles. The molecule has 2 heteroatoms. The maximum Gasteiger partial charge on any atom is 0.0841 e. The van der Waals surface area contributed by atoms with Crippen molar-refractivity contribution in [3.63, 3.8) is 0 Å². The smallest absolute Gasteiger partial charge is 0.0841 e. The summed E-state index contributed by atoms with van der Waals surface area (Å²) in [5, 5.41) is 0.267. The summed E-state index contributed by atoms with van der Waals surface area (Å²) in [5.74, 6) is 0. The summed E-state index contributed by atoms with van der Waals surface area (Å²) in [6.45, 7) is 5.03. The van der Waals surface area contributed by atoms with Gasteiger partial charge in [0.1, 0.15) is 0 Å². The monoisotopic (exact) mass is 224 g/mol. The van der Waals surface area contributed by atoms with Gasteiger partial charge in [-0.25, -0.2) is 0 Å². The van der Waals surface area contributed by atoms with Crippen LogP contribution in [0.1, 0.15) is 35.6 Å². The third kappa shape index (κ3) is 2.53.